The van der Waals surface area contributed by atoms with Gasteiger partial charge >= 0.3 is 0 Å². The van der Waals surface area contributed by atoms with Gasteiger partial charge < -0.3 is 15.1 Å². The highest BCUT2D eigenvalue weighted by atomic mass is 32.2. The third-order valence-corrected chi connectivity index (χ3v) is 5.87. The molecule has 140 valence electrons. The first kappa shape index (κ1) is 18.8. The van der Waals surface area contributed by atoms with Crippen molar-refractivity contribution in [3.05, 3.63) is 23.8 Å². The summed E-state index contributed by atoms with van der Waals surface area (Å²) in [5, 5.41) is 3.06. The number of thioether (sulfide) groups is 1. The second-order valence-electron chi connectivity index (χ2n) is 7.05. The molecule has 1 aliphatic heterocycles. The predicted molar refractivity (Wildman–Crippen MR) is 103 cm³/mol. The molecule has 0 radical (unpaired) electrons. The van der Waals surface area contributed by atoms with E-state index in [9.17, 15) is 14.4 Å². The topological polar surface area (TPSA) is 69.7 Å². The molecule has 1 fully saturated rings. The Kier molecular flexibility index (Phi) is 5.86. The van der Waals surface area contributed by atoms with Crippen LogP contribution in [0.25, 0.3) is 0 Å². The number of amides is 3. The summed E-state index contributed by atoms with van der Waals surface area (Å²) in [6, 6.07) is 5.56. The monoisotopic (exact) mass is 375 g/mol. The van der Waals surface area contributed by atoms with E-state index in [0.29, 0.717) is 17.0 Å². The minimum Gasteiger partial charge on any atom is -0.352 e. The van der Waals surface area contributed by atoms with Crippen LogP contribution in [0.2, 0.25) is 0 Å². The fraction of sp³-hybridized carbons (Fsp3) is 0.526. The zero-order chi connectivity index (χ0) is 18.7. The molecule has 1 heterocycles. The molecule has 0 unspecified atom stereocenters. The lowest BCUT2D eigenvalue weighted by Crippen LogP contribution is -2.46. The van der Waals surface area contributed by atoms with E-state index in [2.05, 4.69) is 5.32 Å². The summed E-state index contributed by atoms with van der Waals surface area (Å²) in [5.74, 6) is -0.0457. The zero-order valence-electron chi connectivity index (χ0n) is 15.3. The maximum atomic E-state index is 12.5. The number of carbonyl (C=O) groups is 3. The second kappa shape index (κ2) is 8.12. The fourth-order valence-electron chi connectivity index (χ4n) is 3.43. The molecular formula is C19H25N3O3S. The number of anilines is 1. The molecule has 0 bridgehead atoms. The van der Waals surface area contributed by atoms with Crippen molar-refractivity contribution in [3.8, 4) is 0 Å². The molecule has 1 aliphatic carbocycles. The highest BCUT2D eigenvalue weighted by Crippen LogP contribution is 2.36. The van der Waals surface area contributed by atoms with Crippen LogP contribution in [-0.2, 0) is 9.59 Å². The summed E-state index contributed by atoms with van der Waals surface area (Å²) < 4.78 is 0. The van der Waals surface area contributed by atoms with Crippen LogP contribution in [0.3, 0.4) is 0 Å². The Morgan fingerprint density at radius 3 is 2.65 bits per heavy atom. The molecule has 1 N–H and O–H groups in total. The highest BCUT2D eigenvalue weighted by molar-refractivity contribution is 8.00. The molecule has 2 aliphatic rings. The molecule has 0 saturated heterocycles. The number of fused-ring (bicyclic) bond motifs is 1. The van der Waals surface area contributed by atoms with Crippen molar-refractivity contribution in [3.63, 3.8) is 0 Å². The molecule has 7 heteroatoms. The number of nitrogens with one attached hydrogen (secondary N) is 1. The third-order valence-electron chi connectivity index (χ3n) is 4.83. The summed E-state index contributed by atoms with van der Waals surface area (Å²) in [6.07, 6.45) is 5.53. The van der Waals surface area contributed by atoms with E-state index in [0.717, 1.165) is 30.6 Å². The molecule has 1 aromatic rings. The van der Waals surface area contributed by atoms with Crippen molar-refractivity contribution in [2.75, 3.05) is 31.3 Å². The minimum atomic E-state index is -0.132. The maximum absolute atomic E-state index is 12.5. The van der Waals surface area contributed by atoms with Crippen LogP contribution in [0, 0.1) is 0 Å². The number of benzene rings is 1. The van der Waals surface area contributed by atoms with Gasteiger partial charge in [-0.1, -0.05) is 19.3 Å². The molecule has 0 aromatic heterocycles. The Morgan fingerprint density at radius 2 is 1.96 bits per heavy atom. The predicted octanol–water partition coefficient (Wildman–Crippen LogP) is 2.28. The Hall–Kier alpha value is -2.02. The first-order valence-electron chi connectivity index (χ1n) is 9.04. The first-order valence-corrected chi connectivity index (χ1v) is 10.0. The van der Waals surface area contributed by atoms with E-state index in [1.165, 1.54) is 28.0 Å². The quantitative estimate of drug-likeness (QED) is 0.877. The van der Waals surface area contributed by atoms with Crippen LogP contribution in [-0.4, -0.2) is 55.1 Å². The Labute approximate surface area is 158 Å². The second-order valence-corrected chi connectivity index (χ2v) is 8.07. The molecule has 0 spiro atoms. The van der Waals surface area contributed by atoms with Crippen LogP contribution in [0.1, 0.15) is 42.5 Å². The number of hydrogen-bond acceptors (Lipinski definition) is 4. The summed E-state index contributed by atoms with van der Waals surface area (Å²) in [5.41, 5.74) is 1.17. The van der Waals surface area contributed by atoms with Gasteiger partial charge in [0.15, 0.2) is 0 Å². The van der Waals surface area contributed by atoms with Crippen LogP contribution in [0.15, 0.2) is 23.1 Å². The Morgan fingerprint density at radius 1 is 1.23 bits per heavy atom. The van der Waals surface area contributed by atoms with Crippen molar-refractivity contribution in [2.45, 2.75) is 43.0 Å². The van der Waals surface area contributed by atoms with Gasteiger partial charge in [0.1, 0.15) is 6.54 Å². The third kappa shape index (κ3) is 4.20. The SMILES string of the molecule is CN(C)C(=O)c1ccc2c(c1)N(CC(=O)NC1CCCCC1)C(=O)CS2. The number of rotatable bonds is 4. The molecular weight excluding hydrogens is 350 g/mol. The van der Waals surface area contributed by atoms with E-state index in [4.69, 9.17) is 0 Å². The fourth-order valence-corrected chi connectivity index (χ4v) is 4.35. The van der Waals surface area contributed by atoms with Crippen molar-refractivity contribution in [1.29, 1.82) is 0 Å². The lowest BCUT2D eigenvalue weighted by Gasteiger charge is -2.30. The summed E-state index contributed by atoms with van der Waals surface area (Å²) >= 11 is 1.44. The van der Waals surface area contributed by atoms with Gasteiger partial charge in [0.25, 0.3) is 5.91 Å². The summed E-state index contributed by atoms with van der Waals surface area (Å²) in [7, 11) is 3.38. The molecule has 1 saturated carbocycles. The lowest BCUT2D eigenvalue weighted by molar-refractivity contribution is -0.123. The van der Waals surface area contributed by atoms with Crippen LogP contribution < -0.4 is 10.2 Å². The summed E-state index contributed by atoms with van der Waals surface area (Å²) in [6.45, 7) is 0.00248. The van der Waals surface area contributed by atoms with E-state index < -0.39 is 0 Å². The Bertz CT molecular complexity index is 714. The van der Waals surface area contributed by atoms with Crippen LogP contribution in [0.5, 0.6) is 0 Å². The van der Waals surface area contributed by atoms with Gasteiger partial charge in [-0.3, -0.25) is 14.4 Å². The average molecular weight is 375 g/mol. The molecule has 3 rings (SSSR count). The number of carbonyl (C=O) groups excluding carboxylic acids is 3. The van der Waals surface area contributed by atoms with Gasteiger partial charge in [-0.15, -0.1) is 11.8 Å². The minimum absolute atomic E-state index is 0.00248. The normalized spacial score (nSPS) is 17.6. The number of hydrogen-bond donors (Lipinski definition) is 1. The van der Waals surface area contributed by atoms with Crippen molar-refractivity contribution in [2.24, 2.45) is 0 Å². The molecule has 26 heavy (non-hydrogen) atoms. The van der Waals surface area contributed by atoms with E-state index in [1.807, 2.05) is 6.07 Å². The lowest BCUT2D eigenvalue weighted by atomic mass is 9.95. The largest absolute Gasteiger partial charge is 0.352 e. The highest BCUT2D eigenvalue weighted by Gasteiger charge is 2.28. The van der Waals surface area contributed by atoms with Crippen molar-refractivity contribution < 1.29 is 14.4 Å². The maximum Gasteiger partial charge on any atom is 0.253 e. The van der Waals surface area contributed by atoms with E-state index in [1.54, 1.807) is 26.2 Å². The van der Waals surface area contributed by atoms with Crippen molar-refractivity contribution >= 4 is 35.2 Å². The van der Waals surface area contributed by atoms with Gasteiger partial charge in [-0.05, 0) is 31.0 Å². The summed E-state index contributed by atoms with van der Waals surface area (Å²) in [4.78, 5) is 41.1. The van der Waals surface area contributed by atoms with Gasteiger partial charge in [-0.25, -0.2) is 0 Å². The standard InChI is InChI=1S/C19H25N3O3S/c1-21(2)19(25)13-8-9-16-15(10-13)22(18(24)12-26-16)11-17(23)20-14-6-4-3-5-7-14/h8-10,14H,3-7,11-12H2,1-2H3,(H,20,23). The van der Waals surface area contributed by atoms with E-state index >= 15 is 0 Å². The van der Waals surface area contributed by atoms with Crippen LogP contribution in [0.4, 0.5) is 5.69 Å². The van der Waals surface area contributed by atoms with Crippen LogP contribution >= 0.6 is 11.8 Å². The van der Waals surface area contributed by atoms with E-state index in [-0.39, 0.29) is 30.3 Å². The Balaban J connectivity index is 1.77. The first-order chi connectivity index (χ1) is 12.5. The molecule has 1 aromatic carbocycles. The number of nitrogens with zero attached hydrogens (tertiary/aromatic N) is 2. The van der Waals surface area contributed by atoms with Crippen molar-refractivity contribution in [1.82, 2.24) is 10.2 Å². The average Bonchev–Trinajstić information content (AvgIpc) is 2.64. The zero-order valence-corrected chi connectivity index (χ0v) is 16.1. The molecule has 0 atom stereocenters. The van der Waals surface area contributed by atoms with Gasteiger partial charge in [0, 0.05) is 30.6 Å². The smallest absolute Gasteiger partial charge is 0.253 e. The van der Waals surface area contributed by atoms with Gasteiger partial charge in [0.05, 0.1) is 11.4 Å². The molecule has 6 nitrogen and oxygen atoms in total. The van der Waals surface area contributed by atoms with Gasteiger partial charge in [0.2, 0.25) is 11.8 Å². The molecule has 3 amide bonds. The van der Waals surface area contributed by atoms with Gasteiger partial charge in [-0.2, -0.15) is 0 Å².